The highest BCUT2D eigenvalue weighted by atomic mass is 35.5. The largest absolute Gasteiger partial charge is 0.364 e. The van der Waals surface area contributed by atoms with Crippen LogP contribution in [-0.4, -0.2) is 21.3 Å². The van der Waals surface area contributed by atoms with Crippen molar-refractivity contribution >= 4 is 34.7 Å². The van der Waals surface area contributed by atoms with Crippen LogP contribution in [0.3, 0.4) is 0 Å². The Morgan fingerprint density at radius 3 is 2.48 bits per heavy atom. The predicted molar refractivity (Wildman–Crippen MR) is 104 cm³/mol. The zero-order valence-electron chi connectivity index (χ0n) is 14.0. The van der Waals surface area contributed by atoms with Gasteiger partial charge in [-0.15, -0.1) is 0 Å². The normalized spacial score (nSPS) is 10.4. The Bertz CT molecular complexity index is 860. The standard InChI is InChI=1S/C16H20ClN5O2S/c1-3-8-21-14(23)9-13(19-20-15(25)18-2)22(16(21)24)10-11-4-6-12(17)7-5-11/h4-7,9,19H,3,8,10H2,1-2H3,(H2,18,20,25). The van der Waals surface area contributed by atoms with Gasteiger partial charge in [0.25, 0.3) is 5.56 Å². The molecule has 0 aliphatic rings. The first-order valence-corrected chi connectivity index (χ1v) is 8.57. The molecule has 0 saturated heterocycles. The zero-order valence-corrected chi connectivity index (χ0v) is 15.6. The molecule has 0 fully saturated rings. The predicted octanol–water partition coefficient (Wildman–Crippen LogP) is 1.54. The van der Waals surface area contributed by atoms with Gasteiger partial charge in [-0.2, -0.15) is 0 Å². The van der Waals surface area contributed by atoms with E-state index in [0.29, 0.717) is 28.9 Å². The maximum Gasteiger partial charge on any atom is 0.332 e. The Morgan fingerprint density at radius 2 is 1.88 bits per heavy atom. The number of nitrogens with zero attached hydrogens (tertiary/aromatic N) is 2. The van der Waals surface area contributed by atoms with E-state index >= 15 is 0 Å². The van der Waals surface area contributed by atoms with Gasteiger partial charge in [0.05, 0.1) is 6.54 Å². The van der Waals surface area contributed by atoms with Gasteiger partial charge in [0, 0.05) is 24.7 Å². The summed E-state index contributed by atoms with van der Waals surface area (Å²) in [5, 5.41) is 3.70. The molecular weight excluding hydrogens is 362 g/mol. The Hall–Kier alpha value is -2.32. The lowest BCUT2D eigenvalue weighted by atomic mass is 10.2. The lowest BCUT2D eigenvalue weighted by Gasteiger charge is -2.17. The molecule has 2 rings (SSSR count). The summed E-state index contributed by atoms with van der Waals surface area (Å²) in [6.45, 7) is 2.56. The average Bonchev–Trinajstić information content (AvgIpc) is 2.60. The van der Waals surface area contributed by atoms with Crippen LogP contribution < -0.4 is 27.4 Å². The lowest BCUT2D eigenvalue weighted by molar-refractivity contribution is 0.567. The molecule has 1 heterocycles. The second-order valence-corrected chi connectivity index (χ2v) is 6.19. The molecule has 2 aromatic rings. The van der Waals surface area contributed by atoms with Crippen molar-refractivity contribution < 1.29 is 0 Å². The first-order valence-electron chi connectivity index (χ1n) is 7.79. The zero-order chi connectivity index (χ0) is 18.4. The van der Waals surface area contributed by atoms with Crippen LogP contribution in [0.25, 0.3) is 0 Å². The van der Waals surface area contributed by atoms with Crippen molar-refractivity contribution in [2.45, 2.75) is 26.4 Å². The van der Waals surface area contributed by atoms with Crippen LogP contribution in [0.4, 0.5) is 5.82 Å². The fraction of sp³-hybridized carbons (Fsp3) is 0.312. The smallest absolute Gasteiger partial charge is 0.332 e. The fourth-order valence-electron chi connectivity index (χ4n) is 2.26. The molecule has 7 nitrogen and oxygen atoms in total. The van der Waals surface area contributed by atoms with Gasteiger partial charge in [0.1, 0.15) is 5.82 Å². The number of anilines is 1. The van der Waals surface area contributed by atoms with Crippen LogP contribution in [0.2, 0.25) is 5.02 Å². The summed E-state index contributed by atoms with van der Waals surface area (Å²) in [5.74, 6) is 0.329. The van der Waals surface area contributed by atoms with E-state index in [9.17, 15) is 9.59 Å². The summed E-state index contributed by atoms with van der Waals surface area (Å²) in [4.78, 5) is 25.0. The molecule has 0 amide bonds. The molecule has 25 heavy (non-hydrogen) atoms. The molecule has 0 aliphatic carbocycles. The van der Waals surface area contributed by atoms with Crippen molar-refractivity contribution in [2.75, 3.05) is 12.5 Å². The molecule has 0 bridgehead atoms. The second kappa shape index (κ2) is 8.68. The van der Waals surface area contributed by atoms with Crippen LogP contribution in [0.1, 0.15) is 18.9 Å². The third-order valence-electron chi connectivity index (χ3n) is 3.51. The quantitative estimate of drug-likeness (QED) is 0.520. The molecule has 0 radical (unpaired) electrons. The number of thiocarbonyl (C=S) groups is 1. The highest BCUT2D eigenvalue weighted by Gasteiger charge is 2.12. The van der Waals surface area contributed by atoms with Gasteiger partial charge in [0.15, 0.2) is 5.11 Å². The molecule has 0 saturated carbocycles. The third kappa shape index (κ3) is 4.83. The summed E-state index contributed by atoms with van der Waals surface area (Å²) in [7, 11) is 1.66. The van der Waals surface area contributed by atoms with Crippen LogP contribution in [-0.2, 0) is 13.1 Å². The number of hydrogen-bond acceptors (Lipinski definition) is 4. The van der Waals surface area contributed by atoms with Gasteiger partial charge in [0.2, 0.25) is 0 Å². The number of benzene rings is 1. The van der Waals surface area contributed by atoms with Crippen molar-refractivity contribution in [2.24, 2.45) is 0 Å². The Labute approximate surface area is 155 Å². The van der Waals surface area contributed by atoms with Crippen molar-refractivity contribution in [3.8, 4) is 0 Å². The summed E-state index contributed by atoms with van der Waals surface area (Å²) in [5.41, 5.74) is 5.68. The third-order valence-corrected chi connectivity index (χ3v) is 4.07. The number of halogens is 1. The summed E-state index contributed by atoms with van der Waals surface area (Å²) >= 11 is 10.9. The van der Waals surface area contributed by atoms with Gasteiger partial charge >= 0.3 is 5.69 Å². The van der Waals surface area contributed by atoms with E-state index in [0.717, 1.165) is 5.56 Å². The minimum atomic E-state index is -0.385. The van der Waals surface area contributed by atoms with Crippen molar-refractivity contribution in [3.05, 3.63) is 61.8 Å². The van der Waals surface area contributed by atoms with E-state index in [1.165, 1.54) is 15.2 Å². The number of aromatic nitrogens is 2. The SMILES string of the molecule is CCCn1c(=O)cc(NNC(=S)NC)n(Cc2ccc(Cl)cc2)c1=O. The molecular formula is C16H20ClN5O2S. The molecule has 1 aromatic heterocycles. The van der Waals surface area contributed by atoms with Crippen LogP contribution in [0, 0.1) is 0 Å². The Morgan fingerprint density at radius 1 is 1.20 bits per heavy atom. The van der Waals surface area contributed by atoms with E-state index < -0.39 is 0 Å². The Balaban J connectivity index is 2.46. The minimum Gasteiger partial charge on any atom is -0.364 e. The number of hydrazine groups is 1. The van der Waals surface area contributed by atoms with Crippen molar-refractivity contribution in [1.29, 1.82) is 0 Å². The molecule has 1 aromatic carbocycles. The molecule has 0 atom stereocenters. The van der Waals surface area contributed by atoms with Crippen molar-refractivity contribution in [3.63, 3.8) is 0 Å². The Kier molecular flexibility index (Phi) is 6.60. The van der Waals surface area contributed by atoms with E-state index in [1.54, 1.807) is 19.2 Å². The summed E-state index contributed by atoms with van der Waals surface area (Å²) in [6.07, 6.45) is 0.685. The van der Waals surface area contributed by atoms with Crippen LogP contribution >= 0.6 is 23.8 Å². The molecule has 0 aliphatic heterocycles. The van der Waals surface area contributed by atoms with Gasteiger partial charge < -0.3 is 5.32 Å². The van der Waals surface area contributed by atoms with E-state index in [2.05, 4.69) is 16.2 Å². The second-order valence-electron chi connectivity index (χ2n) is 5.34. The molecule has 3 N–H and O–H groups in total. The fourth-order valence-corrected chi connectivity index (χ4v) is 2.43. The van der Waals surface area contributed by atoms with Gasteiger partial charge in [-0.1, -0.05) is 30.7 Å². The molecule has 0 unspecified atom stereocenters. The van der Waals surface area contributed by atoms with Gasteiger partial charge in [-0.25, -0.2) is 4.79 Å². The minimum absolute atomic E-state index is 0.288. The highest BCUT2D eigenvalue weighted by molar-refractivity contribution is 7.80. The van der Waals surface area contributed by atoms with Crippen LogP contribution in [0.15, 0.2) is 39.9 Å². The number of rotatable bonds is 6. The average molecular weight is 382 g/mol. The molecule has 134 valence electrons. The first kappa shape index (κ1) is 19.0. The number of nitrogens with one attached hydrogen (secondary N) is 3. The first-order chi connectivity index (χ1) is 12.0. The van der Waals surface area contributed by atoms with E-state index in [-0.39, 0.29) is 17.8 Å². The van der Waals surface area contributed by atoms with E-state index in [4.69, 9.17) is 23.8 Å². The summed E-state index contributed by atoms with van der Waals surface area (Å²) in [6, 6.07) is 8.55. The van der Waals surface area contributed by atoms with Gasteiger partial charge in [-0.3, -0.25) is 24.8 Å². The van der Waals surface area contributed by atoms with Gasteiger partial charge in [-0.05, 0) is 36.3 Å². The lowest BCUT2D eigenvalue weighted by Crippen LogP contribution is -2.44. The van der Waals surface area contributed by atoms with Crippen LogP contribution in [0.5, 0.6) is 0 Å². The molecule has 9 heteroatoms. The summed E-state index contributed by atoms with van der Waals surface area (Å²) < 4.78 is 2.70. The number of hydrogen-bond donors (Lipinski definition) is 3. The maximum atomic E-state index is 12.8. The maximum absolute atomic E-state index is 12.8. The molecule has 0 spiro atoms. The monoisotopic (exact) mass is 381 g/mol. The topological polar surface area (TPSA) is 80.1 Å². The van der Waals surface area contributed by atoms with E-state index in [1.807, 2.05) is 19.1 Å². The highest BCUT2D eigenvalue weighted by Crippen LogP contribution is 2.11. The van der Waals surface area contributed by atoms with Crippen molar-refractivity contribution in [1.82, 2.24) is 19.9 Å².